The first-order valence-corrected chi connectivity index (χ1v) is 8.62. The van der Waals surface area contributed by atoms with E-state index in [4.69, 9.17) is 4.74 Å². The molecule has 0 saturated heterocycles. The fraction of sp³-hybridized carbons (Fsp3) is 0.273. The van der Waals surface area contributed by atoms with Crippen molar-refractivity contribution in [1.29, 1.82) is 0 Å². The molecule has 0 aliphatic rings. The van der Waals surface area contributed by atoms with Crippen LogP contribution in [0.5, 0.6) is 0 Å². The molecule has 0 saturated carbocycles. The third kappa shape index (κ3) is 4.20. The topological polar surface area (TPSA) is 46.6 Å². The third-order valence-electron chi connectivity index (χ3n) is 4.37. The minimum atomic E-state index is -0.745. The lowest BCUT2D eigenvalue weighted by Crippen LogP contribution is -2.45. The number of esters is 1. The van der Waals surface area contributed by atoms with Gasteiger partial charge in [0.25, 0.3) is 5.91 Å². The quantitative estimate of drug-likeness (QED) is 0.570. The van der Waals surface area contributed by atoms with Crippen molar-refractivity contribution < 1.29 is 14.3 Å². The average molecular weight is 351 g/mol. The highest BCUT2D eigenvalue weighted by Gasteiger charge is 2.30. The van der Waals surface area contributed by atoms with Crippen LogP contribution in [0.1, 0.15) is 20.8 Å². The Balaban J connectivity index is 2.40. The van der Waals surface area contributed by atoms with E-state index in [1.807, 2.05) is 68.4 Å². The van der Waals surface area contributed by atoms with Crippen molar-refractivity contribution in [3.05, 3.63) is 66.7 Å². The number of rotatable bonds is 6. The molecule has 0 aliphatic carbocycles. The number of benzene rings is 2. The minimum Gasteiger partial charge on any atom is -0.467 e. The summed E-state index contributed by atoms with van der Waals surface area (Å²) in [6, 6.07) is 16.8. The van der Waals surface area contributed by atoms with Crippen LogP contribution in [-0.2, 0) is 14.3 Å². The summed E-state index contributed by atoms with van der Waals surface area (Å²) in [5, 5.41) is 0. The third-order valence-corrected chi connectivity index (χ3v) is 4.37. The van der Waals surface area contributed by atoms with E-state index in [0.717, 1.165) is 11.1 Å². The lowest BCUT2D eigenvalue weighted by molar-refractivity contribution is -0.142. The van der Waals surface area contributed by atoms with Crippen molar-refractivity contribution in [3.63, 3.8) is 0 Å². The van der Waals surface area contributed by atoms with Gasteiger partial charge < -0.3 is 4.74 Å². The molecule has 0 bridgehead atoms. The molecule has 0 fully saturated rings. The summed E-state index contributed by atoms with van der Waals surface area (Å²) in [5.74, 6) is -0.758. The molecule has 0 aromatic heterocycles. The maximum Gasteiger partial charge on any atom is 0.328 e. The number of anilines is 1. The van der Waals surface area contributed by atoms with E-state index in [0.29, 0.717) is 11.3 Å². The van der Waals surface area contributed by atoms with Gasteiger partial charge in [-0.3, -0.25) is 9.69 Å². The van der Waals surface area contributed by atoms with Crippen molar-refractivity contribution >= 4 is 17.6 Å². The predicted octanol–water partition coefficient (Wildman–Crippen LogP) is 4.46. The van der Waals surface area contributed by atoms with Gasteiger partial charge in [-0.25, -0.2) is 4.79 Å². The van der Waals surface area contributed by atoms with E-state index in [2.05, 4.69) is 6.58 Å². The lowest BCUT2D eigenvalue weighted by atomic mass is 10.0. The fourth-order valence-corrected chi connectivity index (χ4v) is 2.64. The van der Waals surface area contributed by atoms with Crippen LogP contribution in [0.25, 0.3) is 11.1 Å². The molecule has 2 rings (SSSR count). The zero-order valence-electron chi connectivity index (χ0n) is 15.7. The second-order valence-corrected chi connectivity index (χ2v) is 6.47. The highest BCUT2D eigenvalue weighted by molar-refractivity contribution is 6.08. The average Bonchev–Trinajstić information content (AvgIpc) is 2.67. The molecule has 2 aromatic rings. The summed E-state index contributed by atoms with van der Waals surface area (Å²) in [7, 11) is 1.32. The van der Waals surface area contributed by atoms with Crippen molar-refractivity contribution in [2.45, 2.75) is 26.8 Å². The smallest absolute Gasteiger partial charge is 0.328 e. The zero-order chi connectivity index (χ0) is 19.3. The van der Waals surface area contributed by atoms with E-state index in [1.54, 1.807) is 6.92 Å². The number of carbonyl (C=O) groups excluding carboxylic acids is 2. The molecule has 26 heavy (non-hydrogen) atoms. The molecular formula is C22H25NO3. The van der Waals surface area contributed by atoms with E-state index in [9.17, 15) is 9.59 Å². The standard InChI is InChI=1S/C22H25NO3/c1-15(2)16(3)21(24)23(17(4)22(25)26-5)20-13-11-19(12-14-20)18-9-7-6-8-10-18/h6-15,17H,3H2,1-2,4-5H3/t17-/m0/s1. The van der Waals surface area contributed by atoms with Gasteiger partial charge in [0.05, 0.1) is 7.11 Å². The maximum absolute atomic E-state index is 12.9. The van der Waals surface area contributed by atoms with Crippen molar-refractivity contribution in [3.8, 4) is 11.1 Å². The van der Waals surface area contributed by atoms with Crippen molar-refractivity contribution in [2.24, 2.45) is 5.92 Å². The second kappa shape index (κ2) is 8.48. The van der Waals surface area contributed by atoms with Crippen LogP contribution < -0.4 is 4.90 Å². The molecule has 0 aliphatic heterocycles. The van der Waals surface area contributed by atoms with Gasteiger partial charge in [-0.05, 0) is 36.1 Å². The second-order valence-electron chi connectivity index (χ2n) is 6.47. The van der Waals surface area contributed by atoms with Crippen molar-refractivity contribution in [1.82, 2.24) is 0 Å². The van der Waals surface area contributed by atoms with Crippen molar-refractivity contribution in [2.75, 3.05) is 12.0 Å². The molecule has 0 spiro atoms. The Bertz CT molecular complexity index is 779. The molecule has 1 atom stereocenters. The molecule has 4 heteroatoms. The monoisotopic (exact) mass is 351 g/mol. The summed E-state index contributed by atoms with van der Waals surface area (Å²) >= 11 is 0. The molecule has 2 aromatic carbocycles. The Morgan fingerprint density at radius 3 is 1.96 bits per heavy atom. The number of methoxy groups -OCH3 is 1. The number of hydrogen-bond donors (Lipinski definition) is 0. The lowest BCUT2D eigenvalue weighted by Gasteiger charge is -2.29. The molecule has 0 unspecified atom stereocenters. The summed E-state index contributed by atoms with van der Waals surface area (Å²) in [6.07, 6.45) is 0. The first-order chi connectivity index (χ1) is 12.4. The Kier molecular flexibility index (Phi) is 6.34. The normalized spacial score (nSPS) is 11.7. The first-order valence-electron chi connectivity index (χ1n) is 8.62. The van der Waals surface area contributed by atoms with Gasteiger partial charge in [-0.1, -0.05) is 62.9 Å². The highest BCUT2D eigenvalue weighted by atomic mass is 16.5. The van der Waals surface area contributed by atoms with Crippen LogP contribution >= 0.6 is 0 Å². The molecule has 0 radical (unpaired) electrons. The van der Waals surface area contributed by atoms with Gasteiger partial charge in [0.2, 0.25) is 0 Å². The maximum atomic E-state index is 12.9. The molecule has 0 heterocycles. The summed E-state index contributed by atoms with van der Waals surface area (Å²) < 4.78 is 4.84. The number of nitrogens with zero attached hydrogens (tertiary/aromatic N) is 1. The number of amides is 1. The van der Waals surface area contributed by atoms with E-state index in [1.165, 1.54) is 12.0 Å². The highest BCUT2D eigenvalue weighted by Crippen LogP contribution is 2.26. The van der Waals surface area contributed by atoms with Gasteiger partial charge >= 0.3 is 5.97 Å². The number of ether oxygens (including phenoxy) is 1. The van der Waals surface area contributed by atoms with E-state index < -0.39 is 12.0 Å². The first kappa shape index (κ1) is 19.4. The zero-order valence-corrected chi connectivity index (χ0v) is 15.7. The summed E-state index contributed by atoms with van der Waals surface area (Å²) in [4.78, 5) is 26.4. The number of hydrogen-bond acceptors (Lipinski definition) is 3. The molecule has 1 amide bonds. The van der Waals surface area contributed by atoms with E-state index >= 15 is 0 Å². The van der Waals surface area contributed by atoms with Crippen LogP contribution in [0, 0.1) is 5.92 Å². The summed E-state index contributed by atoms with van der Waals surface area (Å²) in [5.41, 5.74) is 3.21. The molecular weight excluding hydrogens is 326 g/mol. The van der Waals surface area contributed by atoms with Crippen LogP contribution in [0.15, 0.2) is 66.7 Å². The molecule has 0 N–H and O–H groups in total. The van der Waals surface area contributed by atoms with Gasteiger partial charge in [0.1, 0.15) is 6.04 Å². The Morgan fingerprint density at radius 1 is 0.923 bits per heavy atom. The van der Waals surface area contributed by atoms with Gasteiger partial charge in [-0.15, -0.1) is 0 Å². The Morgan fingerprint density at radius 2 is 1.46 bits per heavy atom. The SMILES string of the molecule is C=C(C(=O)N(c1ccc(-c2ccccc2)cc1)[C@@H](C)C(=O)OC)C(C)C. The van der Waals surface area contributed by atoms with E-state index in [-0.39, 0.29) is 11.8 Å². The number of carbonyl (C=O) groups is 2. The van der Waals surface area contributed by atoms with Gasteiger partial charge in [0.15, 0.2) is 0 Å². The van der Waals surface area contributed by atoms with Crippen LogP contribution in [-0.4, -0.2) is 25.0 Å². The van der Waals surface area contributed by atoms with Crippen LogP contribution in [0.2, 0.25) is 0 Å². The fourth-order valence-electron chi connectivity index (χ4n) is 2.64. The van der Waals surface area contributed by atoms with Gasteiger partial charge in [0, 0.05) is 11.3 Å². The van der Waals surface area contributed by atoms with Gasteiger partial charge in [-0.2, -0.15) is 0 Å². The Labute approximate surface area is 155 Å². The van der Waals surface area contributed by atoms with Crippen LogP contribution in [0.3, 0.4) is 0 Å². The minimum absolute atomic E-state index is 0.0153. The molecule has 136 valence electrons. The summed E-state index contributed by atoms with van der Waals surface area (Å²) in [6.45, 7) is 9.35. The predicted molar refractivity (Wildman–Crippen MR) is 105 cm³/mol. The molecule has 4 nitrogen and oxygen atoms in total. The Hall–Kier alpha value is -2.88. The largest absolute Gasteiger partial charge is 0.467 e. The van der Waals surface area contributed by atoms with Crippen LogP contribution in [0.4, 0.5) is 5.69 Å².